The van der Waals surface area contributed by atoms with E-state index in [0.29, 0.717) is 24.4 Å². The third kappa shape index (κ3) is 6.35. The van der Waals surface area contributed by atoms with Gasteiger partial charge in [-0.3, -0.25) is 4.79 Å². The fourth-order valence-corrected chi connectivity index (χ4v) is 1.33. The fraction of sp³-hybridized carbons (Fsp3) is 0.231. The Morgan fingerprint density at radius 2 is 2.21 bits per heavy atom. The number of nitrogens with two attached hydrogens (primary N) is 1. The predicted octanol–water partition coefficient (Wildman–Crippen LogP) is 0.698. The lowest BCUT2D eigenvalue weighted by Gasteiger charge is -2.06. The van der Waals surface area contributed by atoms with Gasteiger partial charge in [0.05, 0.1) is 6.61 Å². The number of rotatable bonds is 7. The Labute approximate surface area is 110 Å². The van der Waals surface area contributed by atoms with Gasteiger partial charge in [-0.25, -0.2) is 4.79 Å². The van der Waals surface area contributed by atoms with E-state index in [9.17, 15) is 9.59 Å². The van der Waals surface area contributed by atoms with Crippen LogP contribution in [0.2, 0.25) is 0 Å². The van der Waals surface area contributed by atoms with Crippen LogP contribution in [0.15, 0.2) is 30.3 Å². The molecule has 1 aromatic rings. The minimum Gasteiger partial charge on any atom is -0.478 e. The SMILES string of the molecule is NCCOCC(=O)Nc1cccc(/C=C/C(=O)O)c1. The van der Waals surface area contributed by atoms with Crippen LogP contribution in [-0.4, -0.2) is 36.7 Å². The highest BCUT2D eigenvalue weighted by atomic mass is 16.5. The summed E-state index contributed by atoms with van der Waals surface area (Å²) >= 11 is 0. The molecule has 0 fully saturated rings. The molecule has 1 amide bonds. The summed E-state index contributed by atoms with van der Waals surface area (Å²) in [5.74, 6) is -1.31. The molecular formula is C13H16N2O4. The average molecular weight is 264 g/mol. The minimum atomic E-state index is -1.02. The van der Waals surface area contributed by atoms with Crippen molar-refractivity contribution in [3.05, 3.63) is 35.9 Å². The van der Waals surface area contributed by atoms with Crippen molar-refractivity contribution in [3.8, 4) is 0 Å². The van der Waals surface area contributed by atoms with Gasteiger partial charge in [0.25, 0.3) is 0 Å². The number of carboxylic acids is 1. The lowest BCUT2D eigenvalue weighted by molar-refractivity contribution is -0.131. The van der Waals surface area contributed by atoms with E-state index < -0.39 is 5.97 Å². The molecule has 0 saturated heterocycles. The number of hydrogen-bond acceptors (Lipinski definition) is 4. The molecule has 0 unspecified atom stereocenters. The maximum absolute atomic E-state index is 11.5. The van der Waals surface area contributed by atoms with Gasteiger partial charge in [-0.2, -0.15) is 0 Å². The first-order chi connectivity index (χ1) is 9.11. The molecule has 1 rings (SSSR count). The summed E-state index contributed by atoms with van der Waals surface area (Å²) in [5, 5.41) is 11.2. The highest BCUT2D eigenvalue weighted by Gasteiger charge is 2.02. The van der Waals surface area contributed by atoms with Crippen molar-refractivity contribution in [2.24, 2.45) is 5.73 Å². The van der Waals surface area contributed by atoms with Crippen LogP contribution in [0.4, 0.5) is 5.69 Å². The lowest BCUT2D eigenvalue weighted by atomic mass is 10.2. The zero-order valence-corrected chi connectivity index (χ0v) is 10.3. The van der Waals surface area contributed by atoms with Crippen LogP contribution in [0.25, 0.3) is 6.08 Å². The molecule has 4 N–H and O–H groups in total. The second kappa shape index (κ2) is 8.02. The van der Waals surface area contributed by atoms with Crippen molar-refractivity contribution in [1.82, 2.24) is 0 Å². The van der Waals surface area contributed by atoms with E-state index in [2.05, 4.69) is 5.32 Å². The summed E-state index contributed by atoms with van der Waals surface area (Å²) in [6.45, 7) is 0.629. The Hall–Kier alpha value is -2.18. The number of benzene rings is 1. The summed E-state index contributed by atoms with van der Waals surface area (Å²) in [5.41, 5.74) is 6.49. The third-order valence-corrected chi connectivity index (χ3v) is 2.08. The molecular weight excluding hydrogens is 248 g/mol. The van der Waals surface area contributed by atoms with Crippen LogP contribution >= 0.6 is 0 Å². The number of carboxylic acid groups (broad SMARTS) is 1. The molecule has 0 heterocycles. The largest absolute Gasteiger partial charge is 0.478 e. The summed E-state index contributed by atoms with van der Waals surface area (Å²) in [7, 11) is 0. The van der Waals surface area contributed by atoms with Crippen LogP contribution in [0.3, 0.4) is 0 Å². The number of amides is 1. The molecule has 0 spiro atoms. The third-order valence-electron chi connectivity index (χ3n) is 2.08. The summed E-state index contributed by atoms with van der Waals surface area (Å²) in [4.78, 5) is 21.9. The number of aliphatic carboxylic acids is 1. The number of ether oxygens (including phenoxy) is 1. The standard InChI is InChI=1S/C13H16N2O4/c14-6-7-19-9-12(16)15-11-3-1-2-10(8-11)4-5-13(17)18/h1-5,8H,6-7,9,14H2,(H,15,16)(H,17,18)/b5-4+. The maximum atomic E-state index is 11.5. The van der Waals surface area contributed by atoms with Crippen molar-refractivity contribution in [2.75, 3.05) is 25.1 Å². The van der Waals surface area contributed by atoms with Gasteiger partial charge in [-0.1, -0.05) is 12.1 Å². The first kappa shape index (κ1) is 14.9. The maximum Gasteiger partial charge on any atom is 0.328 e. The monoisotopic (exact) mass is 264 g/mol. The molecule has 0 aromatic heterocycles. The van der Waals surface area contributed by atoms with Crippen LogP contribution < -0.4 is 11.1 Å². The average Bonchev–Trinajstić information content (AvgIpc) is 2.37. The van der Waals surface area contributed by atoms with Gasteiger partial charge in [-0.15, -0.1) is 0 Å². The second-order valence-corrected chi connectivity index (χ2v) is 3.69. The van der Waals surface area contributed by atoms with Crippen molar-refractivity contribution in [3.63, 3.8) is 0 Å². The molecule has 6 nitrogen and oxygen atoms in total. The summed E-state index contributed by atoms with van der Waals surface area (Å²) in [6, 6.07) is 6.83. The van der Waals surface area contributed by atoms with E-state index in [4.69, 9.17) is 15.6 Å². The molecule has 102 valence electrons. The molecule has 0 aliphatic heterocycles. The van der Waals surface area contributed by atoms with Gasteiger partial charge in [0, 0.05) is 18.3 Å². The smallest absolute Gasteiger partial charge is 0.328 e. The number of carbonyl (C=O) groups excluding carboxylic acids is 1. The predicted molar refractivity (Wildman–Crippen MR) is 71.6 cm³/mol. The van der Waals surface area contributed by atoms with E-state index in [-0.39, 0.29) is 12.5 Å². The zero-order valence-electron chi connectivity index (χ0n) is 10.3. The van der Waals surface area contributed by atoms with Gasteiger partial charge in [0.15, 0.2) is 0 Å². The van der Waals surface area contributed by atoms with E-state index >= 15 is 0 Å². The van der Waals surface area contributed by atoms with Gasteiger partial charge in [-0.05, 0) is 23.8 Å². The highest BCUT2D eigenvalue weighted by Crippen LogP contribution is 2.11. The first-order valence-electron chi connectivity index (χ1n) is 5.70. The summed E-state index contributed by atoms with van der Waals surface area (Å²) in [6.07, 6.45) is 2.48. The van der Waals surface area contributed by atoms with Gasteiger partial charge < -0.3 is 20.9 Å². The van der Waals surface area contributed by atoms with Gasteiger partial charge >= 0.3 is 5.97 Å². The van der Waals surface area contributed by atoms with Crippen LogP contribution in [0, 0.1) is 0 Å². The molecule has 0 aliphatic rings. The van der Waals surface area contributed by atoms with E-state index in [0.717, 1.165) is 6.08 Å². The van der Waals surface area contributed by atoms with Crippen molar-refractivity contribution >= 4 is 23.6 Å². The second-order valence-electron chi connectivity index (χ2n) is 3.69. The fourth-order valence-electron chi connectivity index (χ4n) is 1.33. The molecule has 0 radical (unpaired) electrons. The Morgan fingerprint density at radius 1 is 1.42 bits per heavy atom. The quantitative estimate of drug-likeness (QED) is 0.497. The lowest BCUT2D eigenvalue weighted by Crippen LogP contribution is -2.20. The topological polar surface area (TPSA) is 102 Å². The zero-order chi connectivity index (χ0) is 14.1. The normalized spacial score (nSPS) is 10.6. The Balaban J connectivity index is 2.56. The van der Waals surface area contributed by atoms with E-state index in [1.165, 1.54) is 6.08 Å². The number of carbonyl (C=O) groups is 2. The van der Waals surface area contributed by atoms with Crippen LogP contribution in [0.1, 0.15) is 5.56 Å². The number of hydrogen-bond donors (Lipinski definition) is 3. The van der Waals surface area contributed by atoms with Crippen LogP contribution in [-0.2, 0) is 14.3 Å². The van der Waals surface area contributed by atoms with E-state index in [1.807, 2.05) is 0 Å². The van der Waals surface area contributed by atoms with Crippen molar-refractivity contribution in [2.45, 2.75) is 0 Å². The number of anilines is 1. The van der Waals surface area contributed by atoms with E-state index in [1.54, 1.807) is 24.3 Å². The Kier molecular flexibility index (Phi) is 6.28. The molecule has 0 bridgehead atoms. The molecule has 1 aromatic carbocycles. The Morgan fingerprint density at radius 3 is 2.89 bits per heavy atom. The Bertz CT molecular complexity index is 471. The van der Waals surface area contributed by atoms with Gasteiger partial charge in [0.1, 0.15) is 6.61 Å². The molecule has 0 saturated carbocycles. The van der Waals surface area contributed by atoms with Crippen LogP contribution in [0.5, 0.6) is 0 Å². The number of nitrogens with one attached hydrogen (secondary N) is 1. The minimum absolute atomic E-state index is 0.0631. The molecule has 19 heavy (non-hydrogen) atoms. The molecule has 0 aliphatic carbocycles. The molecule has 6 heteroatoms. The highest BCUT2D eigenvalue weighted by molar-refractivity contribution is 5.92. The molecule has 0 atom stereocenters. The van der Waals surface area contributed by atoms with Crippen molar-refractivity contribution < 1.29 is 19.4 Å². The summed E-state index contributed by atoms with van der Waals surface area (Å²) < 4.78 is 5.00. The first-order valence-corrected chi connectivity index (χ1v) is 5.70. The van der Waals surface area contributed by atoms with Gasteiger partial charge in [0.2, 0.25) is 5.91 Å². The van der Waals surface area contributed by atoms with Crippen molar-refractivity contribution in [1.29, 1.82) is 0 Å².